The first-order chi connectivity index (χ1) is 7.79. The normalized spacial score (nSPS) is 10.4. The van der Waals surface area contributed by atoms with Crippen LogP contribution in [0.25, 0.3) is 11.5 Å². The minimum Gasteiger partial charge on any atom is -0.314 e. The van der Waals surface area contributed by atoms with Crippen LogP contribution in [0.15, 0.2) is 24.7 Å². The summed E-state index contributed by atoms with van der Waals surface area (Å²) in [6, 6.07) is 3.76. The van der Waals surface area contributed by atoms with Crippen LogP contribution in [0.5, 0.6) is 0 Å². The zero-order valence-corrected chi connectivity index (χ0v) is 9.31. The first-order valence-corrected chi connectivity index (χ1v) is 5.05. The summed E-state index contributed by atoms with van der Waals surface area (Å²) in [4.78, 5) is 16.8. The summed E-state index contributed by atoms with van der Waals surface area (Å²) in [6.07, 6.45) is 3.19. The predicted octanol–water partition coefficient (Wildman–Crippen LogP) is 0.961. The molecule has 0 spiro atoms. The van der Waals surface area contributed by atoms with Crippen molar-refractivity contribution in [2.24, 2.45) is 0 Å². The first-order valence-electron chi connectivity index (χ1n) is 5.05. The molecule has 0 aliphatic carbocycles. The van der Waals surface area contributed by atoms with Crippen LogP contribution in [-0.4, -0.2) is 27.0 Å². The maximum Gasteiger partial charge on any atom is 0.178 e. The molecule has 0 aliphatic heterocycles. The second-order valence-corrected chi connectivity index (χ2v) is 3.45. The first kappa shape index (κ1) is 10.6. The number of hydrogen-bond donors (Lipinski definition) is 1. The van der Waals surface area contributed by atoms with Crippen LogP contribution in [-0.2, 0) is 6.54 Å². The van der Waals surface area contributed by atoms with E-state index < -0.39 is 0 Å². The monoisotopic (exact) mass is 215 g/mol. The summed E-state index contributed by atoms with van der Waals surface area (Å²) in [6.45, 7) is 2.67. The smallest absolute Gasteiger partial charge is 0.178 e. The summed E-state index contributed by atoms with van der Waals surface area (Å²) < 4.78 is 0. The van der Waals surface area contributed by atoms with E-state index in [0.29, 0.717) is 5.82 Å². The lowest BCUT2D eigenvalue weighted by atomic mass is 10.3. The molecule has 0 fully saturated rings. The number of aromatic nitrogens is 4. The quantitative estimate of drug-likeness (QED) is 0.826. The minimum atomic E-state index is 0.646. The molecule has 0 atom stereocenters. The molecular weight excluding hydrogens is 202 g/mol. The maximum absolute atomic E-state index is 4.43. The topological polar surface area (TPSA) is 63.6 Å². The van der Waals surface area contributed by atoms with Crippen molar-refractivity contribution in [2.45, 2.75) is 13.5 Å². The van der Waals surface area contributed by atoms with Gasteiger partial charge in [0.1, 0.15) is 12.0 Å². The fourth-order valence-corrected chi connectivity index (χ4v) is 1.44. The van der Waals surface area contributed by atoms with Crippen LogP contribution in [0.2, 0.25) is 0 Å². The number of nitrogens with zero attached hydrogens (tertiary/aromatic N) is 4. The highest BCUT2D eigenvalue weighted by atomic mass is 15.0. The van der Waals surface area contributed by atoms with E-state index in [2.05, 4.69) is 25.3 Å². The highest BCUT2D eigenvalue weighted by molar-refractivity contribution is 5.48. The minimum absolute atomic E-state index is 0.646. The number of rotatable bonds is 3. The van der Waals surface area contributed by atoms with Crippen molar-refractivity contribution in [3.63, 3.8) is 0 Å². The Bertz CT molecular complexity index is 469. The summed E-state index contributed by atoms with van der Waals surface area (Å²) in [5.74, 6) is 0.646. The third kappa shape index (κ3) is 2.38. The molecule has 5 nitrogen and oxygen atoms in total. The van der Waals surface area contributed by atoms with Gasteiger partial charge in [0, 0.05) is 18.4 Å². The molecule has 0 aromatic carbocycles. The summed E-state index contributed by atoms with van der Waals surface area (Å²) in [5, 5.41) is 3.07. The van der Waals surface area contributed by atoms with Crippen LogP contribution in [0.3, 0.4) is 0 Å². The number of hydrogen-bond acceptors (Lipinski definition) is 5. The number of nitrogens with one attached hydrogen (secondary N) is 1. The van der Waals surface area contributed by atoms with Gasteiger partial charge in [0.2, 0.25) is 0 Å². The third-order valence-corrected chi connectivity index (χ3v) is 2.08. The number of aryl methyl sites for hydroxylation is 1. The van der Waals surface area contributed by atoms with Crippen molar-refractivity contribution >= 4 is 0 Å². The van der Waals surface area contributed by atoms with Gasteiger partial charge in [-0.3, -0.25) is 0 Å². The lowest BCUT2D eigenvalue weighted by Gasteiger charge is -2.04. The lowest BCUT2D eigenvalue weighted by molar-refractivity contribution is 0.784. The molecule has 82 valence electrons. The molecule has 5 heteroatoms. The molecule has 2 aromatic heterocycles. The molecule has 0 unspecified atom stereocenters. The molecule has 2 rings (SSSR count). The second-order valence-electron chi connectivity index (χ2n) is 3.45. The molecule has 16 heavy (non-hydrogen) atoms. The Morgan fingerprint density at radius 3 is 2.88 bits per heavy atom. The Balaban J connectivity index is 2.41. The molecular formula is C11H13N5. The van der Waals surface area contributed by atoms with E-state index in [0.717, 1.165) is 23.6 Å². The van der Waals surface area contributed by atoms with Crippen LogP contribution < -0.4 is 5.32 Å². The molecule has 0 saturated heterocycles. The van der Waals surface area contributed by atoms with Crippen LogP contribution >= 0.6 is 0 Å². The average Bonchev–Trinajstić information content (AvgIpc) is 2.30. The molecule has 0 radical (unpaired) electrons. The lowest BCUT2D eigenvalue weighted by Crippen LogP contribution is -2.09. The van der Waals surface area contributed by atoms with Crippen molar-refractivity contribution in [1.82, 2.24) is 25.3 Å². The Morgan fingerprint density at radius 1 is 1.31 bits per heavy atom. The van der Waals surface area contributed by atoms with E-state index in [-0.39, 0.29) is 0 Å². The van der Waals surface area contributed by atoms with E-state index >= 15 is 0 Å². The molecule has 0 saturated carbocycles. The van der Waals surface area contributed by atoms with Crippen LogP contribution in [0.4, 0.5) is 0 Å². The zero-order chi connectivity index (χ0) is 11.4. The largest absolute Gasteiger partial charge is 0.314 e. The van der Waals surface area contributed by atoms with E-state index in [4.69, 9.17) is 0 Å². The maximum atomic E-state index is 4.43. The summed E-state index contributed by atoms with van der Waals surface area (Å²) >= 11 is 0. The van der Waals surface area contributed by atoms with Gasteiger partial charge in [0.05, 0.1) is 5.69 Å². The fourth-order valence-electron chi connectivity index (χ4n) is 1.44. The van der Waals surface area contributed by atoms with Gasteiger partial charge in [-0.05, 0) is 26.1 Å². The predicted molar refractivity (Wildman–Crippen MR) is 60.6 cm³/mol. The van der Waals surface area contributed by atoms with Gasteiger partial charge in [0.25, 0.3) is 0 Å². The second kappa shape index (κ2) is 4.76. The van der Waals surface area contributed by atoms with Crippen molar-refractivity contribution in [2.75, 3.05) is 7.05 Å². The highest BCUT2D eigenvalue weighted by Gasteiger charge is 2.05. The Morgan fingerprint density at radius 2 is 2.19 bits per heavy atom. The van der Waals surface area contributed by atoms with Crippen molar-refractivity contribution in [3.8, 4) is 11.5 Å². The third-order valence-electron chi connectivity index (χ3n) is 2.08. The highest BCUT2D eigenvalue weighted by Crippen LogP contribution is 2.11. The van der Waals surface area contributed by atoms with Crippen molar-refractivity contribution in [3.05, 3.63) is 36.0 Å². The van der Waals surface area contributed by atoms with Gasteiger partial charge in [-0.15, -0.1) is 0 Å². The summed E-state index contributed by atoms with van der Waals surface area (Å²) in [5.41, 5.74) is 2.65. The van der Waals surface area contributed by atoms with Crippen LogP contribution in [0, 0.1) is 6.92 Å². The van der Waals surface area contributed by atoms with E-state index in [9.17, 15) is 0 Å². The van der Waals surface area contributed by atoms with E-state index in [1.807, 2.05) is 20.0 Å². The van der Waals surface area contributed by atoms with Gasteiger partial charge in [0.15, 0.2) is 5.82 Å². The van der Waals surface area contributed by atoms with Gasteiger partial charge < -0.3 is 5.32 Å². The van der Waals surface area contributed by atoms with Gasteiger partial charge in [-0.2, -0.15) is 0 Å². The van der Waals surface area contributed by atoms with Gasteiger partial charge in [-0.25, -0.2) is 19.9 Å². The van der Waals surface area contributed by atoms with E-state index in [1.54, 1.807) is 12.3 Å². The zero-order valence-electron chi connectivity index (χ0n) is 9.31. The molecule has 2 aromatic rings. The Labute approximate surface area is 94.0 Å². The van der Waals surface area contributed by atoms with Crippen molar-refractivity contribution in [1.29, 1.82) is 0 Å². The average molecular weight is 215 g/mol. The standard InChI is InChI=1S/C11H13N5/c1-8-5-9(6-12-2)16-11(15-8)10-3-4-13-7-14-10/h3-5,7,12H,6H2,1-2H3. The molecule has 0 bridgehead atoms. The SMILES string of the molecule is CNCc1cc(C)nc(-c2ccncn2)n1. The Hall–Kier alpha value is -1.88. The van der Waals surface area contributed by atoms with Crippen LogP contribution in [0.1, 0.15) is 11.4 Å². The molecule has 2 heterocycles. The summed E-state index contributed by atoms with van der Waals surface area (Å²) in [7, 11) is 1.89. The molecule has 0 amide bonds. The van der Waals surface area contributed by atoms with Gasteiger partial charge in [-0.1, -0.05) is 0 Å². The molecule has 1 N–H and O–H groups in total. The fraction of sp³-hybridized carbons (Fsp3) is 0.273. The molecule has 0 aliphatic rings. The van der Waals surface area contributed by atoms with Crippen molar-refractivity contribution < 1.29 is 0 Å². The Kier molecular flexibility index (Phi) is 3.16. The van der Waals surface area contributed by atoms with E-state index in [1.165, 1.54) is 6.33 Å². The van der Waals surface area contributed by atoms with Gasteiger partial charge >= 0.3 is 0 Å².